The molecular formula is C14H18N2O2. The molecule has 0 bridgehead atoms. The number of rotatable bonds is 5. The van der Waals surface area contributed by atoms with Crippen LogP contribution >= 0.6 is 0 Å². The van der Waals surface area contributed by atoms with Gasteiger partial charge in [-0.1, -0.05) is 24.3 Å². The quantitative estimate of drug-likeness (QED) is 0.616. The summed E-state index contributed by atoms with van der Waals surface area (Å²) in [4.78, 5) is 11.6. The number of nitrogens with two attached hydrogens (primary N) is 1. The molecule has 1 aromatic carbocycles. The van der Waals surface area contributed by atoms with Crippen molar-refractivity contribution < 1.29 is 9.53 Å². The van der Waals surface area contributed by atoms with Crippen molar-refractivity contribution in [3.8, 4) is 5.75 Å². The molecule has 96 valence electrons. The molecule has 0 atom stereocenters. The molecule has 0 radical (unpaired) electrons. The highest BCUT2D eigenvalue weighted by Gasteiger charge is 2.12. The molecule has 2 rings (SSSR count). The maximum absolute atomic E-state index is 11.6. The predicted molar refractivity (Wildman–Crippen MR) is 71.3 cm³/mol. The normalized spacial score (nSPS) is 14.7. The number of carbonyl (C=O) groups is 1. The first-order valence-electron chi connectivity index (χ1n) is 6.17. The van der Waals surface area contributed by atoms with E-state index >= 15 is 0 Å². The molecule has 0 aliphatic heterocycles. The lowest BCUT2D eigenvalue weighted by Crippen LogP contribution is -2.33. The molecule has 4 heteroatoms. The van der Waals surface area contributed by atoms with Crippen LogP contribution in [0.25, 0.3) is 0 Å². The van der Waals surface area contributed by atoms with Gasteiger partial charge in [0.1, 0.15) is 5.75 Å². The Kier molecular flexibility index (Phi) is 4.23. The first-order chi connectivity index (χ1) is 8.75. The van der Waals surface area contributed by atoms with Crippen LogP contribution in [0.15, 0.2) is 36.4 Å². The minimum atomic E-state index is 0.0261. The largest absolute Gasteiger partial charge is 0.491 e. The van der Waals surface area contributed by atoms with Crippen LogP contribution < -0.4 is 15.8 Å². The van der Waals surface area contributed by atoms with E-state index in [-0.39, 0.29) is 11.9 Å². The third-order valence-corrected chi connectivity index (χ3v) is 2.88. The number of para-hydroxylation sites is 2. The summed E-state index contributed by atoms with van der Waals surface area (Å²) < 4.78 is 5.47. The molecule has 0 saturated heterocycles. The van der Waals surface area contributed by atoms with E-state index in [9.17, 15) is 4.79 Å². The summed E-state index contributed by atoms with van der Waals surface area (Å²) >= 11 is 0. The lowest BCUT2D eigenvalue weighted by molar-refractivity contribution is -0.122. The third kappa shape index (κ3) is 3.52. The van der Waals surface area contributed by atoms with E-state index in [1.807, 2.05) is 12.1 Å². The van der Waals surface area contributed by atoms with E-state index in [4.69, 9.17) is 10.5 Å². The Morgan fingerprint density at radius 1 is 1.33 bits per heavy atom. The summed E-state index contributed by atoms with van der Waals surface area (Å²) in [5.41, 5.74) is 6.33. The number of carbonyl (C=O) groups excluding carboxylic acids is 1. The van der Waals surface area contributed by atoms with Gasteiger partial charge in [0.15, 0.2) is 0 Å². The molecule has 0 heterocycles. The average molecular weight is 246 g/mol. The van der Waals surface area contributed by atoms with Crippen molar-refractivity contribution in [3.63, 3.8) is 0 Å². The van der Waals surface area contributed by atoms with Gasteiger partial charge in [-0.3, -0.25) is 4.79 Å². The minimum absolute atomic E-state index is 0.0261. The van der Waals surface area contributed by atoms with Gasteiger partial charge in [0.05, 0.1) is 18.7 Å². The first kappa shape index (κ1) is 12.5. The second-order valence-electron chi connectivity index (χ2n) is 4.34. The van der Waals surface area contributed by atoms with Gasteiger partial charge in [-0.25, -0.2) is 0 Å². The second kappa shape index (κ2) is 6.10. The zero-order valence-electron chi connectivity index (χ0n) is 10.3. The van der Waals surface area contributed by atoms with Crippen LogP contribution in [0.1, 0.15) is 19.3 Å². The second-order valence-corrected chi connectivity index (χ2v) is 4.34. The van der Waals surface area contributed by atoms with Crippen LogP contribution in [0, 0.1) is 0 Å². The van der Waals surface area contributed by atoms with Crippen LogP contribution in [0.3, 0.4) is 0 Å². The highest BCUT2D eigenvalue weighted by Crippen LogP contribution is 2.19. The van der Waals surface area contributed by atoms with E-state index in [2.05, 4.69) is 17.5 Å². The molecule has 1 amide bonds. The fourth-order valence-electron chi connectivity index (χ4n) is 1.90. The van der Waals surface area contributed by atoms with Gasteiger partial charge in [0.2, 0.25) is 5.91 Å². The van der Waals surface area contributed by atoms with Crippen LogP contribution in [0.4, 0.5) is 5.69 Å². The summed E-state index contributed by atoms with van der Waals surface area (Å²) in [6.45, 7) is 0.347. The maximum atomic E-state index is 11.6. The van der Waals surface area contributed by atoms with Gasteiger partial charge in [-0.15, -0.1) is 0 Å². The minimum Gasteiger partial charge on any atom is -0.491 e. The van der Waals surface area contributed by atoms with Gasteiger partial charge < -0.3 is 15.8 Å². The van der Waals surface area contributed by atoms with Gasteiger partial charge >= 0.3 is 0 Å². The summed E-state index contributed by atoms with van der Waals surface area (Å²) in [6, 6.07) is 7.55. The lowest BCUT2D eigenvalue weighted by Gasteiger charge is -2.12. The summed E-state index contributed by atoms with van der Waals surface area (Å²) in [6.07, 6.45) is 6.39. The first-order valence-corrected chi connectivity index (χ1v) is 6.17. The third-order valence-electron chi connectivity index (χ3n) is 2.88. The molecular weight excluding hydrogens is 228 g/mol. The van der Waals surface area contributed by atoms with E-state index < -0.39 is 0 Å². The van der Waals surface area contributed by atoms with E-state index in [1.54, 1.807) is 12.1 Å². The predicted octanol–water partition coefficient (Wildman–Crippen LogP) is 1.87. The number of benzene rings is 1. The number of nitrogens with one attached hydrogen (secondary N) is 1. The van der Waals surface area contributed by atoms with Crippen molar-refractivity contribution in [1.29, 1.82) is 0 Å². The molecule has 0 saturated carbocycles. The molecule has 0 spiro atoms. The average Bonchev–Trinajstić information content (AvgIpc) is 2.84. The molecule has 1 aliphatic carbocycles. The van der Waals surface area contributed by atoms with Crippen LogP contribution in [-0.2, 0) is 4.79 Å². The summed E-state index contributed by atoms with van der Waals surface area (Å²) in [5, 5.41) is 2.97. The molecule has 0 fully saturated rings. The topological polar surface area (TPSA) is 64.3 Å². The lowest BCUT2D eigenvalue weighted by atomic mass is 10.2. The molecule has 4 nitrogen and oxygen atoms in total. The molecule has 1 aliphatic rings. The van der Waals surface area contributed by atoms with Crippen molar-refractivity contribution in [2.45, 2.75) is 25.3 Å². The van der Waals surface area contributed by atoms with Crippen LogP contribution in [0.2, 0.25) is 0 Å². The standard InChI is InChI=1S/C14H18N2O2/c15-12-7-3-4-8-13(12)18-10-9-14(17)16-11-5-1-2-6-11/h1-4,7-8,11H,5-6,9-10,15H2,(H,16,17). The van der Waals surface area contributed by atoms with E-state index in [0.29, 0.717) is 24.5 Å². The van der Waals surface area contributed by atoms with Crippen LogP contribution in [0.5, 0.6) is 5.75 Å². The number of ether oxygens (including phenoxy) is 1. The Morgan fingerprint density at radius 2 is 2.06 bits per heavy atom. The van der Waals surface area contributed by atoms with Gasteiger partial charge in [-0.2, -0.15) is 0 Å². The number of hydrogen-bond acceptors (Lipinski definition) is 3. The molecule has 3 N–H and O–H groups in total. The van der Waals surface area contributed by atoms with Gasteiger partial charge in [-0.05, 0) is 25.0 Å². The Bertz CT molecular complexity index is 435. The van der Waals surface area contributed by atoms with Crippen molar-refractivity contribution in [1.82, 2.24) is 5.32 Å². The molecule has 1 aromatic rings. The molecule has 18 heavy (non-hydrogen) atoms. The monoisotopic (exact) mass is 246 g/mol. The number of amides is 1. The Hall–Kier alpha value is -1.97. The zero-order valence-corrected chi connectivity index (χ0v) is 10.3. The van der Waals surface area contributed by atoms with Crippen molar-refractivity contribution >= 4 is 11.6 Å². The number of nitrogen functional groups attached to an aromatic ring is 1. The van der Waals surface area contributed by atoms with Crippen molar-refractivity contribution in [2.75, 3.05) is 12.3 Å². The summed E-state index contributed by atoms with van der Waals surface area (Å²) in [7, 11) is 0. The molecule has 0 aromatic heterocycles. The fraction of sp³-hybridized carbons (Fsp3) is 0.357. The smallest absolute Gasteiger partial charge is 0.223 e. The molecule has 0 unspecified atom stereocenters. The highest BCUT2D eigenvalue weighted by atomic mass is 16.5. The fourth-order valence-corrected chi connectivity index (χ4v) is 1.90. The van der Waals surface area contributed by atoms with E-state index in [1.165, 1.54) is 0 Å². The van der Waals surface area contributed by atoms with Gasteiger partial charge in [0.25, 0.3) is 0 Å². The Balaban J connectivity index is 1.69. The number of hydrogen-bond donors (Lipinski definition) is 2. The SMILES string of the molecule is Nc1ccccc1OCCC(=O)NC1CC=CC1. The van der Waals surface area contributed by atoms with Crippen molar-refractivity contribution in [2.24, 2.45) is 0 Å². The van der Waals surface area contributed by atoms with Gasteiger partial charge in [0, 0.05) is 6.04 Å². The maximum Gasteiger partial charge on any atom is 0.223 e. The zero-order chi connectivity index (χ0) is 12.8. The Morgan fingerprint density at radius 3 is 2.78 bits per heavy atom. The van der Waals surface area contributed by atoms with Crippen LogP contribution in [-0.4, -0.2) is 18.6 Å². The summed E-state index contributed by atoms with van der Waals surface area (Å²) in [5.74, 6) is 0.658. The highest BCUT2D eigenvalue weighted by molar-refractivity contribution is 5.76. The Labute approximate surface area is 107 Å². The van der Waals surface area contributed by atoms with E-state index in [0.717, 1.165) is 12.8 Å². The van der Waals surface area contributed by atoms with Crippen molar-refractivity contribution in [3.05, 3.63) is 36.4 Å². The number of anilines is 1.